The molecule has 4 rings (SSSR count). The summed E-state index contributed by atoms with van der Waals surface area (Å²) < 4.78 is 1.09. The smallest absolute Gasteiger partial charge is 0.290 e. The lowest BCUT2D eigenvalue weighted by atomic mass is 9.71. The molecule has 7 nitrogen and oxygen atoms in total. The minimum atomic E-state index is -0.844. The molecule has 1 aromatic heterocycles. The van der Waals surface area contributed by atoms with Crippen LogP contribution in [0.5, 0.6) is 0 Å². The number of carbonyl (C=O) groups excluding carboxylic acids is 2. The van der Waals surface area contributed by atoms with Gasteiger partial charge in [0.25, 0.3) is 12.4 Å². The Bertz CT molecular complexity index is 818. The first-order chi connectivity index (χ1) is 13.0. The molecule has 2 atom stereocenters. The van der Waals surface area contributed by atoms with Gasteiger partial charge in [0.2, 0.25) is 5.91 Å². The van der Waals surface area contributed by atoms with Gasteiger partial charge in [-0.1, -0.05) is 18.2 Å². The largest absolute Gasteiger partial charge is 0.483 e. The molecule has 2 saturated heterocycles. The van der Waals surface area contributed by atoms with E-state index in [1.807, 2.05) is 30.3 Å². The van der Waals surface area contributed by atoms with Gasteiger partial charge >= 0.3 is 0 Å². The Balaban J connectivity index is 0.000000659. The van der Waals surface area contributed by atoms with Gasteiger partial charge < -0.3 is 20.4 Å². The SMILES string of the molecule is O=C(c1cc2ccccc2s1)N1CC[C@H](O)[C@@]2(CCCNC2=O)C1.O=CO. The lowest BCUT2D eigenvalue weighted by Crippen LogP contribution is -2.62. The Hall–Kier alpha value is -2.45. The molecule has 2 fully saturated rings. The van der Waals surface area contributed by atoms with Crippen molar-refractivity contribution in [3.05, 3.63) is 35.2 Å². The molecule has 2 aromatic rings. The van der Waals surface area contributed by atoms with Crippen LogP contribution < -0.4 is 5.32 Å². The zero-order valence-electron chi connectivity index (χ0n) is 14.8. The molecule has 0 radical (unpaired) electrons. The summed E-state index contributed by atoms with van der Waals surface area (Å²) in [5, 5.41) is 21.3. The van der Waals surface area contributed by atoms with Crippen molar-refractivity contribution < 1.29 is 24.6 Å². The van der Waals surface area contributed by atoms with Crippen LogP contribution in [0.25, 0.3) is 10.1 Å². The van der Waals surface area contributed by atoms with Gasteiger partial charge in [-0.25, -0.2) is 0 Å². The van der Waals surface area contributed by atoms with Crippen molar-refractivity contribution in [3.63, 3.8) is 0 Å². The van der Waals surface area contributed by atoms with E-state index in [4.69, 9.17) is 9.90 Å². The Morgan fingerprint density at radius 1 is 1.37 bits per heavy atom. The summed E-state index contributed by atoms with van der Waals surface area (Å²) in [5.41, 5.74) is -0.844. The first kappa shape index (κ1) is 19.3. The van der Waals surface area contributed by atoms with Gasteiger partial charge in [-0.3, -0.25) is 14.4 Å². The number of aliphatic hydroxyl groups is 1. The summed E-state index contributed by atoms with van der Waals surface area (Å²) >= 11 is 1.48. The number of nitrogens with zero attached hydrogens (tertiary/aromatic N) is 1. The maximum Gasteiger partial charge on any atom is 0.290 e. The van der Waals surface area contributed by atoms with Crippen LogP contribution in [0, 0.1) is 5.41 Å². The summed E-state index contributed by atoms with van der Waals surface area (Å²) in [7, 11) is 0. The highest BCUT2D eigenvalue weighted by molar-refractivity contribution is 7.20. The molecule has 27 heavy (non-hydrogen) atoms. The maximum absolute atomic E-state index is 12.9. The number of benzene rings is 1. The summed E-state index contributed by atoms with van der Waals surface area (Å²) in [6.07, 6.45) is 1.25. The first-order valence-electron chi connectivity index (χ1n) is 8.84. The Morgan fingerprint density at radius 2 is 2.11 bits per heavy atom. The van der Waals surface area contributed by atoms with Crippen LogP contribution in [0.4, 0.5) is 0 Å². The second-order valence-electron chi connectivity index (χ2n) is 6.80. The molecule has 2 aliphatic heterocycles. The Morgan fingerprint density at radius 3 is 2.81 bits per heavy atom. The molecule has 0 bridgehead atoms. The minimum absolute atomic E-state index is 0.0409. The molecule has 2 aliphatic rings. The van der Waals surface area contributed by atoms with Crippen molar-refractivity contribution in [1.29, 1.82) is 0 Å². The number of carboxylic acid groups (broad SMARTS) is 1. The van der Waals surface area contributed by atoms with Gasteiger partial charge in [0.1, 0.15) is 0 Å². The number of aliphatic hydroxyl groups excluding tert-OH is 1. The van der Waals surface area contributed by atoms with Crippen LogP contribution in [0.3, 0.4) is 0 Å². The molecule has 1 aromatic carbocycles. The van der Waals surface area contributed by atoms with E-state index >= 15 is 0 Å². The van der Waals surface area contributed by atoms with Crippen LogP contribution in [-0.4, -0.2) is 59.1 Å². The topological polar surface area (TPSA) is 107 Å². The van der Waals surface area contributed by atoms with Crippen molar-refractivity contribution >= 4 is 39.7 Å². The molecular weight excluding hydrogens is 368 g/mol. The Kier molecular flexibility index (Phi) is 5.76. The van der Waals surface area contributed by atoms with Gasteiger partial charge in [0.15, 0.2) is 0 Å². The van der Waals surface area contributed by atoms with E-state index in [-0.39, 0.29) is 18.3 Å². The molecular formula is C19H22N2O5S. The number of likely N-dealkylation sites (tertiary alicyclic amines) is 1. The monoisotopic (exact) mass is 390 g/mol. The number of piperidine rings is 2. The van der Waals surface area contributed by atoms with Gasteiger partial charge in [-0.05, 0) is 36.8 Å². The predicted octanol–water partition coefficient (Wildman–Crippen LogP) is 1.71. The van der Waals surface area contributed by atoms with Crippen LogP contribution in [-0.2, 0) is 9.59 Å². The van der Waals surface area contributed by atoms with E-state index in [0.29, 0.717) is 37.4 Å². The van der Waals surface area contributed by atoms with E-state index in [2.05, 4.69) is 5.32 Å². The lowest BCUT2D eigenvalue weighted by molar-refractivity contribution is -0.147. The normalized spacial score (nSPS) is 24.9. The molecule has 3 N–H and O–H groups in total. The number of amides is 2. The molecule has 144 valence electrons. The average molecular weight is 390 g/mol. The minimum Gasteiger partial charge on any atom is -0.483 e. The molecule has 0 saturated carbocycles. The van der Waals surface area contributed by atoms with E-state index in [0.717, 1.165) is 16.5 Å². The molecule has 2 amide bonds. The highest BCUT2D eigenvalue weighted by Crippen LogP contribution is 2.38. The number of rotatable bonds is 1. The first-order valence-corrected chi connectivity index (χ1v) is 9.65. The fourth-order valence-corrected chi connectivity index (χ4v) is 4.89. The third-order valence-electron chi connectivity index (χ3n) is 5.24. The fraction of sp³-hybridized carbons (Fsp3) is 0.421. The van der Waals surface area contributed by atoms with Crippen LogP contribution in [0.15, 0.2) is 30.3 Å². The predicted molar refractivity (Wildman–Crippen MR) is 102 cm³/mol. The number of fused-ring (bicyclic) bond motifs is 1. The summed E-state index contributed by atoms with van der Waals surface area (Å²) in [5.74, 6) is -0.157. The lowest BCUT2D eigenvalue weighted by Gasteiger charge is -2.46. The number of carbonyl (C=O) groups is 3. The molecule has 3 heterocycles. The highest BCUT2D eigenvalue weighted by atomic mass is 32.1. The third kappa shape index (κ3) is 3.68. The van der Waals surface area contributed by atoms with E-state index in [1.165, 1.54) is 11.3 Å². The quantitative estimate of drug-likeness (QED) is 0.643. The third-order valence-corrected chi connectivity index (χ3v) is 6.35. The van der Waals surface area contributed by atoms with Gasteiger partial charge in [0.05, 0.1) is 16.4 Å². The summed E-state index contributed by atoms with van der Waals surface area (Å²) in [6.45, 7) is 1.19. The van der Waals surface area contributed by atoms with Crippen molar-refractivity contribution in [3.8, 4) is 0 Å². The number of hydrogen-bond donors (Lipinski definition) is 3. The standard InChI is InChI=1S/C18H20N2O3S.CH2O2/c21-15-6-9-20(11-18(15)7-3-8-19-17(18)23)16(22)14-10-12-4-1-2-5-13(12)24-14;2-1-3/h1-2,4-5,10,15,21H,3,6-9,11H2,(H,19,23);1H,(H,2,3)/t15-,18+;/m0./s1. The number of hydrogen-bond acceptors (Lipinski definition) is 5. The van der Waals surface area contributed by atoms with Gasteiger partial charge in [-0.2, -0.15) is 0 Å². The molecule has 0 unspecified atom stereocenters. The van der Waals surface area contributed by atoms with E-state index < -0.39 is 11.5 Å². The van der Waals surface area contributed by atoms with Gasteiger partial charge in [-0.15, -0.1) is 11.3 Å². The number of thiophene rings is 1. The summed E-state index contributed by atoms with van der Waals surface area (Å²) in [4.78, 5) is 36.1. The zero-order valence-corrected chi connectivity index (χ0v) is 15.6. The van der Waals surface area contributed by atoms with Crippen molar-refractivity contribution in [2.24, 2.45) is 5.41 Å². The van der Waals surface area contributed by atoms with E-state index in [9.17, 15) is 14.7 Å². The van der Waals surface area contributed by atoms with Crippen LogP contribution >= 0.6 is 11.3 Å². The van der Waals surface area contributed by atoms with E-state index in [1.54, 1.807) is 4.90 Å². The maximum atomic E-state index is 12.9. The van der Waals surface area contributed by atoms with Crippen molar-refractivity contribution in [2.45, 2.75) is 25.4 Å². The second-order valence-corrected chi connectivity index (χ2v) is 7.88. The number of nitrogens with one attached hydrogen (secondary N) is 1. The summed E-state index contributed by atoms with van der Waals surface area (Å²) in [6, 6.07) is 9.85. The van der Waals surface area contributed by atoms with Crippen molar-refractivity contribution in [1.82, 2.24) is 10.2 Å². The second kappa shape index (κ2) is 8.06. The molecule has 8 heteroatoms. The Labute approximate surface area is 160 Å². The van der Waals surface area contributed by atoms with Crippen molar-refractivity contribution in [2.75, 3.05) is 19.6 Å². The van der Waals surface area contributed by atoms with Crippen LogP contribution in [0.2, 0.25) is 0 Å². The highest BCUT2D eigenvalue weighted by Gasteiger charge is 2.50. The molecule has 0 aliphatic carbocycles. The fourth-order valence-electron chi connectivity index (χ4n) is 3.86. The molecule has 1 spiro atoms. The average Bonchev–Trinajstić information content (AvgIpc) is 3.10. The van der Waals surface area contributed by atoms with Crippen LogP contribution in [0.1, 0.15) is 28.9 Å². The zero-order chi connectivity index (χ0) is 19.4. The van der Waals surface area contributed by atoms with Gasteiger partial charge in [0, 0.05) is 24.3 Å².